The highest BCUT2D eigenvalue weighted by Gasteiger charge is 2.69. The summed E-state index contributed by atoms with van der Waals surface area (Å²) in [4.78, 5) is 23.8. The molecule has 4 heteroatoms. The third kappa shape index (κ3) is 2.55. The normalized spacial score (nSPS) is 43.5. The van der Waals surface area contributed by atoms with Crippen LogP contribution in [0.25, 0.3) is 0 Å². The van der Waals surface area contributed by atoms with Gasteiger partial charge in [-0.25, -0.2) is 0 Å². The van der Waals surface area contributed by atoms with E-state index in [1.165, 1.54) is 19.4 Å². The molecular formula is C24H34O4. The summed E-state index contributed by atoms with van der Waals surface area (Å²) in [5.74, 6) is 0.159. The van der Waals surface area contributed by atoms with Crippen LogP contribution in [0.4, 0.5) is 0 Å². The van der Waals surface area contributed by atoms with Crippen molar-refractivity contribution in [2.75, 3.05) is 0 Å². The third-order valence-corrected chi connectivity index (χ3v) is 8.69. The molecule has 2 bridgehead atoms. The molecule has 3 fully saturated rings. The number of carbonyl (C=O) groups is 2. The van der Waals surface area contributed by atoms with Crippen LogP contribution >= 0.6 is 0 Å². The molecule has 5 aliphatic carbocycles. The van der Waals surface area contributed by atoms with Gasteiger partial charge in [0.05, 0.1) is 0 Å². The minimum Gasteiger partial charge on any atom is -0.462 e. The summed E-state index contributed by atoms with van der Waals surface area (Å²) in [6.45, 7) is 14.5. The predicted molar refractivity (Wildman–Crippen MR) is 107 cm³/mol. The second-order valence-electron chi connectivity index (χ2n) is 10.5. The van der Waals surface area contributed by atoms with E-state index >= 15 is 0 Å². The van der Waals surface area contributed by atoms with Crippen molar-refractivity contribution < 1.29 is 19.1 Å². The lowest BCUT2D eigenvalue weighted by Gasteiger charge is -2.69. The summed E-state index contributed by atoms with van der Waals surface area (Å²) in [5, 5.41) is 0. The van der Waals surface area contributed by atoms with Crippen molar-refractivity contribution in [3.8, 4) is 0 Å². The van der Waals surface area contributed by atoms with Gasteiger partial charge >= 0.3 is 11.9 Å². The van der Waals surface area contributed by atoms with E-state index in [4.69, 9.17) is 9.47 Å². The highest BCUT2D eigenvalue weighted by atomic mass is 16.5. The van der Waals surface area contributed by atoms with Crippen molar-refractivity contribution in [3.63, 3.8) is 0 Å². The zero-order valence-electron chi connectivity index (χ0n) is 18.0. The molecule has 0 unspecified atom stereocenters. The molecule has 28 heavy (non-hydrogen) atoms. The molecule has 0 aromatic carbocycles. The van der Waals surface area contributed by atoms with Gasteiger partial charge in [0.2, 0.25) is 0 Å². The average Bonchev–Trinajstić information content (AvgIpc) is 2.56. The fraction of sp³-hybridized carbons (Fsp3) is 0.750. The van der Waals surface area contributed by atoms with Crippen LogP contribution in [0.2, 0.25) is 0 Å². The first-order valence-corrected chi connectivity index (χ1v) is 10.7. The second-order valence-corrected chi connectivity index (χ2v) is 10.5. The summed E-state index contributed by atoms with van der Waals surface area (Å²) in [5.41, 5.74) is 2.52. The molecule has 4 nitrogen and oxygen atoms in total. The van der Waals surface area contributed by atoms with Crippen LogP contribution in [0.15, 0.2) is 23.8 Å². The largest absolute Gasteiger partial charge is 0.462 e. The van der Waals surface area contributed by atoms with Crippen molar-refractivity contribution in [1.29, 1.82) is 0 Å². The van der Waals surface area contributed by atoms with Crippen LogP contribution < -0.4 is 0 Å². The van der Waals surface area contributed by atoms with Crippen molar-refractivity contribution in [2.45, 2.75) is 85.4 Å². The number of hydrogen-bond donors (Lipinski definition) is 0. The Bertz CT molecular complexity index is 763. The fourth-order valence-electron chi connectivity index (χ4n) is 7.59. The Morgan fingerprint density at radius 1 is 1.11 bits per heavy atom. The maximum Gasteiger partial charge on any atom is 0.302 e. The van der Waals surface area contributed by atoms with Gasteiger partial charge in [-0.3, -0.25) is 9.59 Å². The Kier molecular flexibility index (Phi) is 4.37. The molecule has 0 amide bonds. The number of ether oxygens (including phenoxy) is 2. The van der Waals surface area contributed by atoms with Gasteiger partial charge in [-0.15, -0.1) is 0 Å². The van der Waals surface area contributed by atoms with Gasteiger partial charge in [0.25, 0.3) is 0 Å². The molecule has 5 rings (SSSR count). The molecule has 0 aromatic rings. The summed E-state index contributed by atoms with van der Waals surface area (Å²) in [7, 11) is 0. The SMILES string of the molecule is C=C1C[C@@]23C[C@@H](OC(C)=O)[C@@H]1C=C2CC[C@@H]1C(C)(C)CC[C@H](OC(C)=O)[C@]13C. The Morgan fingerprint density at radius 3 is 2.43 bits per heavy atom. The lowest BCUT2D eigenvalue weighted by atomic mass is 9.36. The van der Waals surface area contributed by atoms with Crippen LogP contribution in [-0.2, 0) is 19.1 Å². The maximum atomic E-state index is 12.0. The van der Waals surface area contributed by atoms with Crippen LogP contribution in [0.3, 0.4) is 0 Å². The van der Waals surface area contributed by atoms with Gasteiger partial charge < -0.3 is 9.47 Å². The number of hydrogen-bond acceptors (Lipinski definition) is 4. The van der Waals surface area contributed by atoms with Gasteiger partial charge in [-0.05, 0) is 49.9 Å². The third-order valence-electron chi connectivity index (χ3n) is 8.69. The Hall–Kier alpha value is -1.58. The Morgan fingerprint density at radius 2 is 1.79 bits per heavy atom. The molecule has 0 radical (unpaired) electrons. The lowest BCUT2D eigenvalue weighted by molar-refractivity contribution is -0.213. The first-order valence-electron chi connectivity index (χ1n) is 10.7. The second kappa shape index (κ2) is 6.21. The van der Waals surface area contributed by atoms with Gasteiger partial charge in [-0.2, -0.15) is 0 Å². The van der Waals surface area contributed by atoms with Gasteiger partial charge in [0.15, 0.2) is 0 Å². The molecule has 0 N–H and O–H groups in total. The van der Waals surface area contributed by atoms with E-state index in [0.29, 0.717) is 5.92 Å². The molecule has 0 saturated heterocycles. The first kappa shape index (κ1) is 19.7. The van der Waals surface area contributed by atoms with Crippen molar-refractivity contribution >= 4 is 11.9 Å². The smallest absolute Gasteiger partial charge is 0.302 e. The molecule has 0 aromatic heterocycles. The molecule has 3 saturated carbocycles. The van der Waals surface area contributed by atoms with E-state index in [0.717, 1.165) is 44.1 Å². The van der Waals surface area contributed by atoms with E-state index in [-0.39, 0.29) is 46.3 Å². The summed E-state index contributed by atoms with van der Waals surface area (Å²) in [6.07, 6.45) is 8.01. The summed E-state index contributed by atoms with van der Waals surface area (Å²) < 4.78 is 11.8. The Balaban J connectivity index is 1.86. The van der Waals surface area contributed by atoms with E-state index in [9.17, 15) is 9.59 Å². The molecule has 154 valence electrons. The number of rotatable bonds is 2. The van der Waals surface area contributed by atoms with Crippen LogP contribution in [-0.4, -0.2) is 24.1 Å². The average molecular weight is 387 g/mol. The fourth-order valence-corrected chi connectivity index (χ4v) is 7.59. The Labute approximate surface area is 168 Å². The van der Waals surface area contributed by atoms with Crippen LogP contribution in [0.1, 0.15) is 73.1 Å². The highest BCUT2D eigenvalue weighted by molar-refractivity contribution is 5.67. The topological polar surface area (TPSA) is 52.6 Å². The van der Waals surface area contributed by atoms with Crippen molar-refractivity contribution in [2.24, 2.45) is 28.1 Å². The van der Waals surface area contributed by atoms with Crippen LogP contribution in [0, 0.1) is 28.1 Å². The molecule has 0 aliphatic heterocycles. The van der Waals surface area contributed by atoms with Crippen LogP contribution in [0.5, 0.6) is 0 Å². The van der Waals surface area contributed by atoms with Crippen molar-refractivity contribution in [1.82, 2.24) is 0 Å². The highest BCUT2D eigenvalue weighted by Crippen LogP contribution is 2.73. The number of fused-ring (bicyclic) bond motifs is 3. The van der Waals surface area contributed by atoms with Crippen molar-refractivity contribution in [3.05, 3.63) is 23.8 Å². The summed E-state index contributed by atoms with van der Waals surface area (Å²) in [6, 6.07) is 0. The van der Waals surface area contributed by atoms with Gasteiger partial charge in [-0.1, -0.05) is 44.6 Å². The standard InChI is InChI=1S/C24H34O4/c1-14-12-24-13-19(27-15(2)25)18(14)11-17(24)7-8-20-22(4,5)10-9-21(23(20,24)6)28-16(3)26/h11,18-21H,1,7-10,12-13H2,2-6H3/t18-,19-,20-,21+,23+,24-/m1/s1. The molecule has 1 spiro atoms. The molecule has 0 heterocycles. The van der Waals surface area contributed by atoms with Gasteiger partial charge in [0, 0.05) is 30.6 Å². The van der Waals surface area contributed by atoms with Gasteiger partial charge in [0.1, 0.15) is 12.2 Å². The number of carbonyl (C=O) groups excluding carboxylic acids is 2. The lowest BCUT2D eigenvalue weighted by Crippen LogP contribution is -2.66. The number of esters is 2. The van der Waals surface area contributed by atoms with E-state index in [2.05, 4.69) is 33.4 Å². The zero-order valence-corrected chi connectivity index (χ0v) is 18.0. The first-order chi connectivity index (χ1) is 13.0. The molecule has 6 atom stereocenters. The minimum absolute atomic E-state index is 0.104. The zero-order chi connectivity index (χ0) is 20.5. The molecule has 5 aliphatic rings. The quantitative estimate of drug-likeness (QED) is 0.496. The van der Waals surface area contributed by atoms with E-state index in [1.54, 1.807) is 0 Å². The predicted octanol–water partition coefficient (Wildman–Crippen LogP) is 4.98. The van der Waals surface area contributed by atoms with E-state index in [1.807, 2.05) is 0 Å². The maximum absolute atomic E-state index is 12.0. The molecular weight excluding hydrogens is 352 g/mol. The number of allylic oxidation sites excluding steroid dienone is 1. The minimum atomic E-state index is -0.227. The summed E-state index contributed by atoms with van der Waals surface area (Å²) >= 11 is 0. The van der Waals surface area contributed by atoms with E-state index < -0.39 is 0 Å². The monoisotopic (exact) mass is 386 g/mol.